The van der Waals surface area contributed by atoms with Crippen LogP contribution in [0.25, 0.3) is 0 Å². The van der Waals surface area contributed by atoms with Crippen LogP contribution in [-0.4, -0.2) is 23.5 Å². The molecule has 0 spiro atoms. The second-order valence-electron chi connectivity index (χ2n) is 5.91. The van der Waals surface area contributed by atoms with E-state index < -0.39 is 6.10 Å². The van der Waals surface area contributed by atoms with Gasteiger partial charge in [0.15, 0.2) is 6.10 Å². The summed E-state index contributed by atoms with van der Waals surface area (Å²) in [5.74, 6) is 0.566. The summed E-state index contributed by atoms with van der Waals surface area (Å²) in [7, 11) is 0. The summed E-state index contributed by atoms with van der Waals surface area (Å²) < 4.78 is 5.80. The summed E-state index contributed by atoms with van der Waals surface area (Å²) in [6.07, 6.45) is 0.666. The maximum absolute atomic E-state index is 12.8. The number of carbonyl (C=O) groups excluding carboxylic acids is 1. The van der Waals surface area contributed by atoms with Crippen molar-refractivity contribution in [3.8, 4) is 11.8 Å². The lowest BCUT2D eigenvalue weighted by molar-refractivity contribution is -0.138. The SMILES string of the molecule is CCc1ccc(OC(C)C(=O)N(CCC#N)Cc2ccccc2)cc1. The van der Waals surface area contributed by atoms with Crippen LogP contribution >= 0.6 is 0 Å². The third-order valence-electron chi connectivity index (χ3n) is 4.01. The van der Waals surface area contributed by atoms with Crippen LogP contribution in [0.15, 0.2) is 54.6 Å². The fraction of sp³-hybridized carbons (Fsp3) is 0.333. The predicted molar refractivity (Wildman–Crippen MR) is 98.0 cm³/mol. The Labute approximate surface area is 149 Å². The molecule has 1 unspecified atom stereocenters. The van der Waals surface area contributed by atoms with Gasteiger partial charge in [-0.05, 0) is 36.6 Å². The minimum Gasteiger partial charge on any atom is -0.481 e. The van der Waals surface area contributed by atoms with Crippen molar-refractivity contribution < 1.29 is 9.53 Å². The molecule has 0 aliphatic heterocycles. The smallest absolute Gasteiger partial charge is 0.263 e. The van der Waals surface area contributed by atoms with Gasteiger partial charge in [0.2, 0.25) is 0 Å². The van der Waals surface area contributed by atoms with Gasteiger partial charge >= 0.3 is 0 Å². The fourth-order valence-electron chi connectivity index (χ4n) is 2.57. The minimum atomic E-state index is -0.602. The van der Waals surface area contributed by atoms with Gasteiger partial charge in [0.1, 0.15) is 5.75 Å². The number of hydrogen-bond acceptors (Lipinski definition) is 3. The van der Waals surface area contributed by atoms with Crippen LogP contribution < -0.4 is 4.74 Å². The molecule has 0 aromatic heterocycles. The molecule has 4 nitrogen and oxygen atoms in total. The molecule has 25 heavy (non-hydrogen) atoms. The zero-order valence-corrected chi connectivity index (χ0v) is 14.8. The summed E-state index contributed by atoms with van der Waals surface area (Å²) in [4.78, 5) is 14.5. The Morgan fingerprint density at radius 1 is 1.12 bits per heavy atom. The molecule has 1 amide bonds. The molecule has 0 bridgehead atoms. The molecule has 1 atom stereocenters. The van der Waals surface area contributed by atoms with Gasteiger partial charge in [-0.15, -0.1) is 0 Å². The lowest BCUT2D eigenvalue weighted by atomic mass is 10.1. The number of aryl methyl sites for hydroxylation is 1. The van der Waals surface area contributed by atoms with Gasteiger partial charge in [-0.1, -0.05) is 49.4 Å². The van der Waals surface area contributed by atoms with Crippen molar-refractivity contribution in [3.63, 3.8) is 0 Å². The number of hydrogen-bond donors (Lipinski definition) is 0. The van der Waals surface area contributed by atoms with Crippen LogP contribution in [0.1, 0.15) is 31.4 Å². The maximum atomic E-state index is 12.8. The first-order chi connectivity index (χ1) is 12.1. The quantitative estimate of drug-likeness (QED) is 0.733. The van der Waals surface area contributed by atoms with Crippen molar-refractivity contribution in [2.45, 2.75) is 39.3 Å². The first-order valence-electron chi connectivity index (χ1n) is 8.59. The average Bonchev–Trinajstić information content (AvgIpc) is 2.66. The van der Waals surface area contributed by atoms with E-state index in [1.54, 1.807) is 11.8 Å². The van der Waals surface area contributed by atoms with Crippen LogP contribution in [0.3, 0.4) is 0 Å². The van der Waals surface area contributed by atoms with Crippen molar-refractivity contribution in [3.05, 3.63) is 65.7 Å². The summed E-state index contributed by atoms with van der Waals surface area (Å²) in [6, 6.07) is 19.7. The standard InChI is InChI=1S/C21H24N2O2/c1-3-18-10-12-20(13-11-18)25-17(2)21(24)23(15-7-14-22)16-19-8-5-4-6-9-19/h4-6,8-13,17H,3,7,15-16H2,1-2H3. The number of ether oxygens (including phenoxy) is 1. The van der Waals surface area contributed by atoms with Crippen LogP contribution in [-0.2, 0) is 17.8 Å². The van der Waals surface area contributed by atoms with E-state index in [9.17, 15) is 4.79 Å². The number of rotatable bonds is 8. The van der Waals surface area contributed by atoms with E-state index in [2.05, 4.69) is 13.0 Å². The first-order valence-corrected chi connectivity index (χ1v) is 8.59. The van der Waals surface area contributed by atoms with Crippen molar-refractivity contribution in [2.24, 2.45) is 0 Å². The molecular formula is C21H24N2O2. The molecule has 4 heteroatoms. The van der Waals surface area contributed by atoms with E-state index in [1.807, 2.05) is 54.6 Å². The van der Waals surface area contributed by atoms with Gasteiger partial charge in [0, 0.05) is 13.1 Å². The summed E-state index contributed by atoms with van der Waals surface area (Å²) in [5, 5.41) is 8.87. The molecule has 0 aliphatic rings. The molecule has 2 aromatic carbocycles. The largest absolute Gasteiger partial charge is 0.481 e. The van der Waals surface area contributed by atoms with Crippen molar-refractivity contribution in [1.82, 2.24) is 4.90 Å². The Bertz CT molecular complexity index is 705. The molecule has 2 rings (SSSR count). The number of carbonyl (C=O) groups is 1. The summed E-state index contributed by atoms with van der Waals surface area (Å²) in [5.41, 5.74) is 2.26. The number of benzene rings is 2. The Kier molecular flexibility index (Phi) is 7.03. The van der Waals surface area contributed by atoms with Crippen molar-refractivity contribution >= 4 is 5.91 Å². The molecule has 130 valence electrons. The number of amides is 1. The molecule has 0 radical (unpaired) electrons. The highest BCUT2D eigenvalue weighted by atomic mass is 16.5. The highest BCUT2D eigenvalue weighted by molar-refractivity contribution is 5.81. The number of nitrogens with zero attached hydrogens (tertiary/aromatic N) is 2. The van der Waals surface area contributed by atoms with E-state index in [-0.39, 0.29) is 5.91 Å². The van der Waals surface area contributed by atoms with E-state index in [0.29, 0.717) is 25.3 Å². The Morgan fingerprint density at radius 2 is 1.80 bits per heavy atom. The monoisotopic (exact) mass is 336 g/mol. The van der Waals surface area contributed by atoms with Crippen LogP contribution in [0.4, 0.5) is 0 Å². The second-order valence-corrected chi connectivity index (χ2v) is 5.91. The van der Waals surface area contributed by atoms with Crippen molar-refractivity contribution in [2.75, 3.05) is 6.54 Å². The van der Waals surface area contributed by atoms with Gasteiger partial charge in [0.05, 0.1) is 12.5 Å². The van der Waals surface area contributed by atoms with E-state index >= 15 is 0 Å². The lowest BCUT2D eigenvalue weighted by Crippen LogP contribution is -2.40. The Hall–Kier alpha value is -2.80. The van der Waals surface area contributed by atoms with Crippen LogP contribution in [0, 0.1) is 11.3 Å². The maximum Gasteiger partial charge on any atom is 0.263 e. The lowest BCUT2D eigenvalue weighted by Gasteiger charge is -2.25. The zero-order valence-electron chi connectivity index (χ0n) is 14.8. The number of nitriles is 1. The van der Waals surface area contributed by atoms with Gasteiger partial charge < -0.3 is 9.64 Å². The van der Waals surface area contributed by atoms with Crippen molar-refractivity contribution in [1.29, 1.82) is 5.26 Å². The Morgan fingerprint density at radius 3 is 2.40 bits per heavy atom. The average molecular weight is 336 g/mol. The Balaban J connectivity index is 2.04. The molecule has 0 saturated heterocycles. The van der Waals surface area contributed by atoms with Gasteiger partial charge in [0.25, 0.3) is 5.91 Å². The molecule has 2 aromatic rings. The van der Waals surface area contributed by atoms with E-state index in [1.165, 1.54) is 5.56 Å². The summed E-state index contributed by atoms with van der Waals surface area (Å²) in [6.45, 7) is 4.72. The highest BCUT2D eigenvalue weighted by Crippen LogP contribution is 2.16. The van der Waals surface area contributed by atoms with Gasteiger partial charge in [-0.2, -0.15) is 5.26 Å². The molecule has 0 aliphatic carbocycles. The van der Waals surface area contributed by atoms with Gasteiger partial charge in [-0.25, -0.2) is 0 Å². The highest BCUT2D eigenvalue weighted by Gasteiger charge is 2.22. The molecule has 0 fully saturated rings. The summed E-state index contributed by atoms with van der Waals surface area (Å²) >= 11 is 0. The van der Waals surface area contributed by atoms with E-state index in [0.717, 1.165) is 12.0 Å². The molecule has 0 heterocycles. The normalized spacial score (nSPS) is 11.4. The second kappa shape index (κ2) is 9.48. The molecular weight excluding hydrogens is 312 g/mol. The van der Waals surface area contributed by atoms with E-state index in [4.69, 9.17) is 10.00 Å². The first kappa shape index (κ1) is 18.5. The zero-order chi connectivity index (χ0) is 18.1. The minimum absolute atomic E-state index is 0.112. The predicted octanol–water partition coefficient (Wildman–Crippen LogP) is 3.96. The topological polar surface area (TPSA) is 53.3 Å². The third-order valence-corrected chi connectivity index (χ3v) is 4.01. The molecule has 0 N–H and O–H groups in total. The van der Waals surface area contributed by atoms with Crippen LogP contribution in [0.5, 0.6) is 5.75 Å². The molecule has 0 saturated carbocycles. The van der Waals surface area contributed by atoms with Crippen LogP contribution in [0.2, 0.25) is 0 Å². The fourth-order valence-corrected chi connectivity index (χ4v) is 2.57. The van der Waals surface area contributed by atoms with Gasteiger partial charge in [-0.3, -0.25) is 4.79 Å². The third kappa shape index (κ3) is 5.65.